The van der Waals surface area contributed by atoms with Gasteiger partial charge in [-0.1, -0.05) is 36.4 Å². The maximum absolute atomic E-state index is 11.9. The Kier molecular flexibility index (Phi) is 4.08. The number of primary amides is 1. The Morgan fingerprint density at radius 3 is 2.36 bits per heavy atom. The fourth-order valence-electron chi connectivity index (χ4n) is 4.05. The molecule has 2 N–H and O–H groups in total. The van der Waals surface area contributed by atoms with Crippen LogP contribution in [0, 0.1) is 0 Å². The largest absolute Gasteiger partial charge is 0.457 e. The maximum atomic E-state index is 11.9. The van der Waals surface area contributed by atoms with Gasteiger partial charge in [-0.2, -0.15) is 0 Å². The van der Waals surface area contributed by atoms with Crippen LogP contribution in [0.2, 0.25) is 0 Å². The Morgan fingerprint density at radius 1 is 0.964 bits per heavy atom. The zero-order valence-corrected chi connectivity index (χ0v) is 15.6. The predicted octanol–water partition coefficient (Wildman–Crippen LogP) is 3.35. The van der Waals surface area contributed by atoms with Crippen molar-refractivity contribution in [3.63, 3.8) is 0 Å². The van der Waals surface area contributed by atoms with E-state index in [2.05, 4.69) is 34.1 Å². The minimum atomic E-state index is -0.230. The second-order valence-corrected chi connectivity index (χ2v) is 7.59. The molecule has 5 nitrogen and oxygen atoms in total. The first-order chi connectivity index (χ1) is 13.7. The molecule has 2 aromatic carbocycles. The third-order valence-electron chi connectivity index (χ3n) is 5.59. The first kappa shape index (κ1) is 16.9. The molecule has 1 unspecified atom stereocenters. The Hall–Kier alpha value is -3.21. The lowest BCUT2D eigenvalue weighted by Crippen LogP contribution is -2.42. The van der Waals surface area contributed by atoms with Gasteiger partial charge in [0.15, 0.2) is 0 Å². The monoisotopic (exact) mass is 373 g/mol. The van der Waals surface area contributed by atoms with Crippen molar-refractivity contribution in [2.24, 2.45) is 5.73 Å². The average molecular weight is 373 g/mol. The molecule has 1 saturated carbocycles. The smallest absolute Gasteiger partial charge is 0.242 e. The summed E-state index contributed by atoms with van der Waals surface area (Å²) in [6, 6.07) is 18.2. The van der Waals surface area contributed by atoms with Crippen LogP contribution in [0.3, 0.4) is 0 Å². The minimum Gasteiger partial charge on any atom is -0.457 e. The summed E-state index contributed by atoms with van der Waals surface area (Å²) in [5, 5.41) is 0. The molecule has 5 rings (SSSR count). The zero-order valence-electron chi connectivity index (χ0n) is 15.6. The van der Waals surface area contributed by atoms with Gasteiger partial charge in [0.1, 0.15) is 23.4 Å². The van der Waals surface area contributed by atoms with E-state index in [9.17, 15) is 4.79 Å². The van der Waals surface area contributed by atoms with E-state index in [4.69, 9.17) is 10.5 Å². The van der Waals surface area contributed by atoms with Gasteiger partial charge in [-0.25, -0.2) is 0 Å². The van der Waals surface area contributed by atoms with Crippen LogP contribution in [0.1, 0.15) is 18.4 Å². The number of para-hydroxylation sites is 1. The van der Waals surface area contributed by atoms with Gasteiger partial charge in [-0.05, 0) is 54.3 Å². The van der Waals surface area contributed by atoms with E-state index in [-0.39, 0.29) is 11.9 Å². The van der Waals surface area contributed by atoms with Gasteiger partial charge in [-0.15, -0.1) is 0 Å². The van der Waals surface area contributed by atoms with Gasteiger partial charge in [0, 0.05) is 19.1 Å². The number of ether oxygens (including phenoxy) is 1. The lowest BCUT2D eigenvalue weighted by Gasteiger charge is -2.29. The first-order valence-electron chi connectivity index (χ1n) is 9.76. The fraction of sp³-hybridized carbons (Fsp3) is 0.261. The summed E-state index contributed by atoms with van der Waals surface area (Å²) in [5.41, 5.74) is 8.06. The van der Waals surface area contributed by atoms with Crippen LogP contribution in [0.15, 0.2) is 72.6 Å². The molecule has 1 atom stereocenters. The van der Waals surface area contributed by atoms with Crippen molar-refractivity contribution in [2.75, 3.05) is 13.1 Å². The third-order valence-corrected chi connectivity index (χ3v) is 5.59. The number of fused-ring (bicyclic) bond motifs is 1. The highest BCUT2D eigenvalue weighted by Crippen LogP contribution is 2.39. The molecule has 0 aromatic heterocycles. The van der Waals surface area contributed by atoms with Gasteiger partial charge in [0.05, 0.1) is 0 Å². The normalized spacial score (nSPS) is 21.1. The Bertz CT molecular complexity index is 946. The molecule has 142 valence electrons. The molecule has 5 heteroatoms. The summed E-state index contributed by atoms with van der Waals surface area (Å²) in [4.78, 5) is 16.4. The number of hydrogen-bond acceptors (Lipinski definition) is 4. The molecule has 1 aliphatic carbocycles. The van der Waals surface area contributed by atoms with Crippen molar-refractivity contribution in [3.8, 4) is 11.5 Å². The van der Waals surface area contributed by atoms with Gasteiger partial charge >= 0.3 is 0 Å². The van der Waals surface area contributed by atoms with E-state index in [0.717, 1.165) is 42.3 Å². The van der Waals surface area contributed by atoms with Crippen molar-refractivity contribution in [1.82, 2.24) is 9.80 Å². The first-order valence-corrected chi connectivity index (χ1v) is 9.76. The van der Waals surface area contributed by atoms with Gasteiger partial charge < -0.3 is 20.3 Å². The zero-order chi connectivity index (χ0) is 19.1. The van der Waals surface area contributed by atoms with E-state index in [1.165, 1.54) is 5.57 Å². The lowest BCUT2D eigenvalue weighted by molar-refractivity contribution is -0.121. The average Bonchev–Trinajstić information content (AvgIpc) is 3.48. The summed E-state index contributed by atoms with van der Waals surface area (Å²) in [6.07, 6.45) is 6.59. The summed E-state index contributed by atoms with van der Waals surface area (Å²) in [7, 11) is 0. The third kappa shape index (κ3) is 3.13. The van der Waals surface area contributed by atoms with Crippen LogP contribution in [0.25, 0.3) is 5.57 Å². The summed E-state index contributed by atoms with van der Waals surface area (Å²) >= 11 is 0. The Labute approximate surface area is 164 Å². The number of carbonyl (C=O) groups is 1. The standard InChI is InChI=1S/C23H23N3O2/c24-23(27)21-15-25-14-17(8-13-22(25)26(21)18-9-10-18)16-6-11-20(12-7-16)28-19-4-2-1-3-5-19/h1-8,11-13,18,21H,9-10,14-15H2,(H2,24,27). The molecule has 3 aliphatic rings. The molecule has 0 bridgehead atoms. The minimum absolute atomic E-state index is 0.215. The second-order valence-electron chi connectivity index (χ2n) is 7.59. The number of rotatable bonds is 5. The number of benzene rings is 2. The number of hydrogen-bond donors (Lipinski definition) is 1. The number of nitrogens with two attached hydrogens (primary N) is 1. The second kappa shape index (κ2) is 6.75. The Balaban J connectivity index is 1.34. The Morgan fingerprint density at radius 2 is 1.68 bits per heavy atom. The SMILES string of the molecule is NC(=O)C1CN2CC(c3ccc(Oc4ccccc4)cc3)=CC=C2N1C1CC1. The molecule has 2 heterocycles. The topological polar surface area (TPSA) is 58.8 Å². The van der Waals surface area contributed by atoms with Crippen molar-refractivity contribution in [2.45, 2.75) is 24.9 Å². The molecule has 28 heavy (non-hydrogen) atoms. The van der Waals surface area contributed by atoms with E-state index in [1.54, 1.807) is 0 Å². The molecular weight excluding hydrogens is 350 g/mol. The maximum Gasteiger partial charge on any atom is 0.242 e. The van der Waals surface area contributed by atoms with Crippen LogP contribution in [-0.2, 0) is 4.79 Å². The number of amides is 1. The van der Waals surface area contributed by atoms with Gasteiger partial charge in [-0.3, -0.25) is 4.79 Å². The summed E-state index contributed by atoms with van der Waals surface area (Å²) in [5.74, 6) is 2.55. The molecule has 2 aliphatic heterocycles. The number of nitrogens with zero attached hydrogens (tertiary/aromatic N) is 2. The van der Waals surface area contributed by atoms with E-state index in [0.29, 0.717) is 12.6 Å². The van der Waals surface area contributed by atoms with Crippen LogP contribution in [-0.4, -0.2) is 40.9 Å². The quantitative estimate of drug-likeness (QED) is 0.873. The molecule has 2 aromatic rings. The van der Waals surface area contributed by atoms with E-state index >= 15 is 0 Å². The van der Waals surface area contributed by atoms with Crippen molar-refractivity contribution in [3.05, 3.63) is 78.1 Å². The molecule has 1 saturated heterocycles. The number of allylic oxidation sites excluding steroid dienone is 2. The van der Waals surface area contributed by atoms with E-state index in [1.807, 2.05) is 42.5 Å². The molecular formula is C23H23N3O2. The predicted molar refractivity (Wildman–Crippen MR) is 108 cm³/mol. The molecule has 0 spiro atoms. The highest BCUT2D eigenvalue weighted by molar-refractivity contribution is 5.81. The van der Waals surface area contributed by atoms with Crippen LogP contribution in [0.4, 0.5) is 0 Å². The summed E-state index contributed by atoms with van der Waals surface area (Å²) in [6.45, 7) is 1.46. The van der Waals surface area contributed by atoms with Crippen LogP contribution in [0.5, 0.6) is 11.5 Å². The van der Waals surface area contributed by atoms with Gasteiger partial charge in [0.2, 0.25) is 5.91 Å². The molecule has 2 fully saturated rings. The fourth-order valence-corrected chi connectivity index (χ4v) is 4.05. The van der Waals surface area contributed by atoms with Crippen LogP contribution >= 0.6 is 0 Å². The lowest BCUT2D eigenvalue weighted by atomic mass is 10.0. The highest BCUT2D eigenvalue weighted by Gasteiger charge is 2.45. The van der Waals surface area contributed by atoms with E-state index < -0.39 is 0 Å². The van der Waals surface area contributed by atoms with Crippen molar-refractivity contribution < 1.29 is 9.53 Å². The number of carbonyl (C=O) groups excluding carboxylic acids is 1. The van der Waals surface area contributed by atoms with Crippen molar-refractivity contribution in [1.29, 1.82) is 0 Å². The van der Waals surface area contributed by atoms with Gasteiger partial charge in [0.25, 0.3) is 0 Å². The highest BCUT2D eigenvalue weighted by atomic mass is 16.5. The van der Waals surface area contributed by atoms with Crippen molar-refractivity contribution >= 4 is 11.5 Å². The summed E-state index contributed by atoms with van der Waals surface area (Å²) < 4.78 is 5.88. The molecule has 0 radical (unpaired) electrons. The molecule has 1 amide bonds. The van der Waals surface area contributed by atoms with Crippen LogP contribution < -0.4 is 10.5 Å².